The molecule has 0 aliphatic rings. The number of azo groups is 2. The van der Waals surface area contributed by atoms with Crippen molar-refractivity contribution in [1.82, 2.24) is 0 Å². The van der Waals surface area contributed by atoms with Crippen LogP contribution in [0.1, 0.15) is 5.56 Å². The number of nitrogen functional groups attached to an aromatic ring is 1. The van der Waals surface area contributed by atoms with Crippen molar-refractivity contribution in [3.05, 3.63) is 54.1 Å². The van der Waals surface area contributed by atoms with E-state index in [4.69, 9.17) is 16.2 Å². The molecule has 26 heteroatoms. The number of rotatable bonds is 13. The average molecular weight is 782 g/mol. The number of hydrogen-bond acceptors (Lipinski definition) is 20. The van der Waals surface area contributed by atoms with Crippen LogP contribution in [0.15, 0.2) is 93.5 Å². The van der Waals surface area contributed by atoms with Crippen LogP contribution in [0, 0.1) is 6.92 Å². The minimum absolute atomic E-state index is 0.114. The molecule has 4 aromatic rings. The van der Waals surface area contributed by atoms with Crippen LogP contribution >= 0.6 is 24.1 Å². The highest BCUT2D eigenvalue weighted by Gasteiger charge is 2.26. The summed E-state index contributed by atoms with van der Waals surface area (Å²) in [6, 6.07) is 8.22. The molecular weight excluding hydrogens is 763 g/mol. The number of phenols is 1. The van der Waals surface area contributed by atoms with Crippen molar-refractivity contribution in [2.45, 2.75) is 31.4 Å². The minimum Gasteiger partial charge on any atom is -0.505 e. The lowest BCUT2D eigenvalue weighted by molar-refractivity contribution is -0.432. The highest BCUT2D eigenvalue weighted by molar-refractivity contribution is 7.95. The van der Waals surface area contributed by atoms with E-state index in [0.29, 0.717) is 5.56 Å². The first-order chi connectivity index (χ1) is 22.9. The predicted molar refractivity (Wildman–Crippen MR) is 167 cm³/mol. The van der Waals surface area contributed by atoms with E-state index >= 15 is 0 Å². The van der Waals surface area contributed by atoms with Crippen LogP contribution in [0.4, 0.5) is 28.4 Å². The SMILES string of the molecule is Cc1ccc(S(=O)(=O)O)c(N=Nc2c(SOOO)cc3cc(S(=O)(=O)O)c(N=Nc4cc(S(=O)(=O)O)ccc4SOOO)c(N)c3c2O)c1. The number of aryl methyl sites for hydroxylation is 1. The summed E-state index contributed by atoms with van der Waals surface area (Å²) in [5.41, 5.74) is 3.88. The average Bonchev–Trinajstić information content (AvgIpc) is 3.00. The molecule has 0 fully saturated rings. The maximum absolute atomic E-state index is 12.4. The molecule has 0 amide bonds. The van der Waals surface area contributed by atoms with Crippen molar-refractivity contribution in [3.8, 4) is 5.75 Å². The summed E-state index contributed by atoms with van der Waals surface area (Å²) < 4.78 is 110. The van der Waals surface area contributed by atoms with E-state index in [9.17, 15) is 44.0 Å². The Kier molecular flexibility index (Phi) is 11.6. The van der Waals surface area contributed by atoms with Gasteiger partial charge in [-0.1, -0.05) is 16.1 Å². The Hall–Kier alpha value is -3.87. The molecule has 0 unspecified atom stereocenters. The third kappa shape index (κ3) is 8.84. The van der Waals surface area contributed by atoms with E-state index in [1.807, 2.05) is 0 Å². The van der Waals surface area contributed by atoms with Crippen molar-refractivity contribution < 1.29 is 73.3 Å². The molecule has 262 valence electrons. The van der Waals surface area contributed by atoms with Crippen molar-refractivity contribution in [2.75, 3.05) is 5.73 Å². The van der Waals surface area contributed by atoms with Crippen LogP contribution in [0.25, 0.3) is 10.8 Å². The lowest BCUT2D eigenvalue weighted by atomic mass is 10.1. The molecule has 0 spiro atoms. The minimum atomic E-state index is -5.19. The molecule has 4 rings (SSSR count). The molecule has 21 nitrogen and oxygen atoms in total. The topological polar surface area (TPSA) is 336 Å². The highest BCUT2D eigenvalue weighted by atomic mass is 32.2. The van der Waals surface area contributed by atoms with Crippen molar-refractivity contribution >= 4 is 93.6 Å². The Morgan fingerprint density at radius 2 is 1.27 bits per heavy atom. The van der Waals surface area contributed by atoms with Gasteiger partial charge in [0.1, 0.15) is 32.5 Å². The number of nitrogens with two attached hydrogens (primary N) is 1. The summed E-state index contributed by atoms with van der Waals surface area (Å²) in [6.45, 7) is 1.58. The lowest BCUT2D eigenvalue weighted by Gasteiger charge is -2.14. The Labute approximate surface area is 283 Å². The van der Waals surface area contributed by atoms with Gasteiger partial charge in [0.2, 0.25) is 0 Å². The summed E-state index contributed by atoms with van der Waals surface area (Å²) >= 11 is 0.484. The summed E-state index contributed by atoms with van der Waals surface area (Å²) in [5.74, 6) is -0.875. The number of nitrogens with zero attached hydrogens (tertiary/aromatic N) is 4. The van der Waals surface area contributed by atoms with Crippen molar-refractivity contribution in [1.29, 1.82) is 0 Å². The fourth-order valence-corrected chi connectivity index (χ4v) is 6.70. The van der Waals surface area contributed by atoms with Gasteiger partial charge in [-0.3, -0.25) is 13.7 Å². The second-order valence-corrected chi connectivity index (χ2v) is 14.9. The largest absolute Gasteiger partial charge is 0.505 e. The highest BCUT2D eigenvalue weighted by Crippen LogP contribution is 2.50. The number of anilines is 1. The molecule has 8 N–H and O–H groups in total. The van der Waals surface area contributed by atoms with E-state index < -0.39 is 78.9 Å². The molecule has 0 aliphatic heterocycles. The Morgan fingerprint density at radius 1 is 0.673 bits per heavy atom. The molecular formula is C23H19N5O16S5. The summed E-state index contributed by atoms with van der Waals surface area (Å²) in [6.07, 6.45) is 0. The van der Waals surface area contributed by atoms with E-state index in [1.165, 1.54) is 12.1 Å². The fraction of sp³-hybridized carbons (Fsp3) is 0.0435. The standard InChI is InChI=1S/C23H19N5O16S5/c1-10-2-5-17(48(35,36)37)14(6-10)26-27-21-16(46-44-42-31)7-11-8-18(49(38,39)40)22(20(24)19(11)23(21)29)28-25-13-9-12(47(32,33)34)3-4-15(13)45-43-41-30/h2-9,29-31H,24H2,1H3,(H,32,33,34)(H,35,36,37)(H,38,39,40). The number of phenolic OH excluding ortho intramolecular Hbond substituents is 1. The van der Waals surface area contributed by atoms with E-state index in [0.717, 1.165) is 36.4 Å². The number of benzene rings is 4. The molecule has 0 radical (unpaired) electrons. The first-order valence-electron chi connectivity index (χ1n) is 12.3. The maximum Gasteiger partial charge on any atom is 0.296 e. The van der Waals surface area contributed by atoms with Crippen LogP contribution in [0.5, 0.6) is 5.75 Å². The van der Waals surface area contributed by atoms with Gasteiger partial charge >= 0.3 is 0 Å². The van der Waals surface area contributed by atoms with Crippen molar-refractivity contribution in [3.63, 3.8) is 0 Å². The van der Waals surface area contributed by atoms with Gasteiger partial charge in [0.25, 0.3) is 30.4 Å². The van der Waals surface area contributed by atoms with Crippen molar-refractivity contribution in [2.24, 2.45) is 20.5 Å². The molecule has 4 aromatic carbocycles. The van der Waals surface area contributed by atoms with Gasteiger partial charge in [0.05, 0.1) is 49.8 Å². The predicted octanol–water partition coefficient (Wildman–Crippen LogP) is 5.86. The normalized spacial score (nSPS) is 12.9. The van der Waals surface area contributed by atoms with Gasteiger partial charge in [-0.2, -0.15) is 25.3 Å². The zero-order valence-electron chi connectivity index (χ0n) is 23.8. The van der Waals surface area contributed by atoms with Gasteiger partial charge in [0, 0.05) is 0 Å². The van der Waals surface area contributed by atoms with Crippen LogP contribution in [0.3, 0.4) is 0 Å². The summed E-state index contributed by atoms with van der Waals surface area (Å²) in [7, 11) is -14.8. The Bertz CT molecular complexity index is 2340. The van der Waals surface area contributed by atoms with Gasteiger partial charge in [-0.25, -0.2) is 10.5 Å². The third-order valence-corrected chi connectivity index (χ3v) is 9.93. The first kappa shape index (κ1) is 37.9. The van der Waals surface area contributed by atoms with Gasteiger partial charge in [-0.15, -0.1) is 29.1 Å². The van der Waals surface area contributed by atoms with Crippen LogP contribution < -0.4 is 5.73 Å². The van der Waals surface area contributed by atoms with E-state index in [1.54, 1.807) is 6.92 Å². The summed E-state index contributed by atoms with van der Waals surface area (Å²) in [4.78, 5) is -2.71. The summed E-state index contributed by atoms with van der Waals surface area (Å²) in [5, 5.41) is 50.1. The molecule has 0 aliphatic carbocycles. The molecule has 0 bridgehead atoms. The molecule has 0 atom stereocenters. The Balaban J connectivity index is 2.01. The maximum atomic E-state index is 12.4. The second-order valence-electron chi connectivity index (χ2n) is 9.18. The van der Waals surface area contributed by atoms with Gasteiger partial charge < -0.3 is 10.8 Å². The molecule has 0 saturated carbocycles. The first-order valence-corrected chi connectivity index (χ1v) is 18.1. The lowest BCUT2D eigenvalue weighted by Crippen LogP contribution is -2.02. The van der Waals surface area contributed by atoms with E-state index in [-0.39, 0.29) is 45.0 Å². The van der Waals surface area contributed by atoms with Crippen LogP contribution in [-0.4, -0.2) is 54.5 Å². The van der Waals surface area contributed by atoms with Gasteiger partial charge in [0.15, 0.2) is 5.75 Å². The third-order valence-electron chi connectivity index (χ3n) is 6.04. The number of aromatic hydroxyl groups is 1. The molecule has 49 heavy (non-hydrogen) atoms. The number of hydrogen-bond donors (Lipinski definition) is 7. The smallest absolute Gasteiger partial charge is 0.296 e. The van der Waals surface area contributed by atoms with E-state index in [2.05, 4.69) is 39.2 Å². The monoisotopic (exact) mass is 781 g/mol. The molecule has 0 saturated heterocycles. The quantitative estimate of drug-likeness (QED) is 0.0208. The van der Waals surface area contributed by atoms with Crippen LogP contribution in [-0.2, 0) is 49.1 Å². The van der Waals surface area contributed by atoms with Crippen LogP contribution in [0.2, 0.25) is 0 Å². The zero-order valence-corrected chi connectivity index (χ0v) is 27.9. The zero-order chi connectivity index (χ0) is 36.3. The second kappa shape index (κ2) is 14.9. The Morgan fingerprint density at radius 3 is 1.86 bits per heavy atom. The van der Waals surface area contributed by atoms with Gasteiger partial charge in [-0.05, 0) is 60.3 Å². The molecule has 0 heterocycles. The fourth-order valence-electron chi connectivity index (χ4n) is 4.01. The number of fused-ring (bicyclic) bond motifs is 1. The molecule has 0 aromatic heterocycles.